The van der Waals surface area contributed by atoms with Gasteiger partial charge in [-0.05, 0) is 29.7 Å². The molecular formula is C16H19N3O2. The number of nitrogens with zero attached hydrogens (tertiary/aromatic N) is 3. The molecule has 0 unspecified atom stereocenters. The second kappa shape index (κ2) is 5.69. The smallest absolute Gasteiger partial charge is 0.253 e. The Morgan fingerprint density at radius 1 is 1.33 bits per heavy atom. The first-order chi connectivity index (χ1) is 10.2. The minimum atomic E-state index is 0.115. The van der Waals surface area contributed by atoms with Gasteiger partial charge in [-0.3, -0.25) is 9.48 Å². The summed E-state index contributed by atoms with van der Waals surface area (Å²) in [4.78, 5) is 13.8. The summed E-state index contributed by atoms with van der Waals surface area (Å²) in [5.41, 5.74) is 4.05. The van der Waals surface area contributed by atoms with Crippen molar-refractivity contribution in [1.29, 1.82) is 0 Å². The number of rotatable bonds is 4. The summed E-state index contributed by atoms with van der Waals surface area (Å²) in [5, 5.41) is 4.45. The molecule has 2 aromatic rings. The van der Waals surface area contributed by atoms with Crippen LogP contribution in [0, 0.1) is 0 Å². The van der Waals surface area contributed by atoms with Crippen molar-refractivity contribution in [3.63, 3.8) is 0 Å². The molecule has 1 aliphatic rings. The fourth-order valence-electron chi connectivity index (χ4n) is 2.66. The normalized spacial score (nSPS) is 14.4. The highest BCUT2D eigenvalue weighted by Crippen LogP contribution is 2.20. The predicted octanol–water partition coefficient (Wildman–Crippen LogP) is 1.71. The number of benzene rings is 1. The molecule has 2 heterocycles. The maximum atomic E-state index is 12.1. The van der Waals surface area contributed by atoms with E-state index in [1.807, 2.05) is 36.1 Å². The molecule has 5 heteroatoms. The molecule has 1 aliphatic heterocycles. The molecule has 0 saturated carbocycles. The first-order valence-electron chi connectivity index (χ1n) is 7.06. The van der Waals surface area contributed by atoms with Crippen molar-refractivity contribution in [2.24, 2.45) is 0 Å². The molecular weight excluding hydrogens is 266 g/mol. The van der Waals surface area contributed by atoms with E-state index >= 15 is 0 Å². The molecule has 0 spiro atoms. The largest absolute Gasteiger partial charge is 0.378 e. The van der Waals surface area contributed by atoms with Crippen LogP contribution in [0.15, 0.2) is 30.5 Å². The molecule has 0 saturated heterocycles. The van der Waals surface area contributed by atoms with Gasteiger partial charge >= 0.3 is 0 Å². The summed E-state index contributed by atoms with van der Waals surface area (Å²) >= 11 is 0. The maximum absolute atomic E-state index is 12.1. The zero-order chi connectivity index (χ0) is 14.8. The number of carbonyl (C=O) groups is 1. The fourth-order valence-corrected chi connectivity index (χ4v) is 2.66. The number of ether oxygens (including phenoxy) is 1. The van der Waals surface area contributed by atoms with Gasteiger partial charge in [0, 0.05) is 32.5 Å². The van der Waals surface area contributed by atoms with Gasteiger partial charge in [-0.25, -0.2) is 0 Å². The zero-order valence-electron chi connectivity index (χ0n) is 12.4. The number of amides is 1. The van der Waals surface area contributed by atoms with Crippen LogP contribution in [0.25, 0.3) is 0 Å². The Labute approximate surface area is 124 Å². The molecule has 0 fully saturated rings. The summed E-state index contributed by atoms with van der Waals surface area (Å²) in [6.07, 6.45) is 2.87. The van der Waals surface area contributed by atoms with Crippen LogP contribution in [0.2, 0.25) is 0 Å². The van der Waals surface area contributed by atoms with Crippen molar-refractivity contribution < 1.29 is 9.53 Å². The Hall–Kier alpha value is -2.14. The molecule has 0 bridgehead atoms. The van der Waals surface area contributed by atoms with Gasteiger partial charge in [0.1, 0.15) is 0 Å². The van der Waals surface area contributed by atoms with Crippen LogP contribution >= 0.6 is 0 Å². The van der Waals surface area contributed by atoms with E-state index in [2.05, 4.69) is 11.2 Å². The van der Waals surface area contributed by atoms with Gasteiger partial charge in [0.2, 0.25) is 0 Å². The van der Waals surface area contributed by atoms with E-state index in [0.717, 1.165) is 35.3 Å². The van der Waals surface area contributed by atoms with Crippen molar-refractivity contribution in [3.05, 3.63) is 52.8 Å². The number of hydrogen-bond donors (Lipinski definition) is 0. The molecule has 5 nitrogen and oxygen atoms in total. The molecule has 1 aromatic carbocycles. The number of likely N-dealkylation sites (N-methyl/N-ethyl adjacent to an activating group) is 1. The van der Waals surface area contributed by atoms with Gasteiger partial charge < -0.3 is 9.64 Å². The van der Waals surface area contributed by atoms with E-state index in [-0.39, 0.29) is 5.91 Å². The van der Waals surface area contributed by atoms with Gasteiger partial charge in [0.05, 0.1) is 18.8 Å². The molecule has 21 heavy (non-hydrogen) atoms. The van der Waals surface area contributed by atoms with E-state index in [4.69, 9.17) is 4.74 Å². The monoisotopic (exact) mass is 285 g/mol. The van der Waals surface area contributed by atoms with E-state index in [9.17, 15) is 4.79 Å². The van der Waals surface area contributed by atoms with Crippen LogP contribution in [0.3, 0.4) is 0 Å². The minimum absolute atomic E-state index is 0.115. The second-order valence-electron chi connectivity index (χ2n) is 5.41. The number of aromatic nitrogens is 2. The van der Waals surface area contributed by atoms with E-state index in [1.54, 1.807) is 12.0 Å². The van der Waals surface area contributed by atoms with E-state index in [1.165, 1.54) is 0 Å². The maximum Gasteiger partial charge on any atom is 0.253 e. The highest BCUT2D eigenvalue weighted by Gasteiger charge is 2.21. The Kier molecular flexibility index (Phi) is 3.75. The Balaban J connectivity index is 1.79. The summed E-state index contributed by atoms with van der Waals surface area (Å²) < 4.78 is 6.97. The number of carbonyl (C=O) groups excluding carboxylic acids is 1. The zero-order valence-corrected chi connectivity index (χ0v) is 12.4. The first-order valence-corrected chi connectivity index (χ1v) is 7.06. The van der Waals surface area contributed by atoms with Crippen molar-refractivity contribution in [2.45, 2.75) is 19.6 Å². The number of hydrogen-bond acceptors (Lipinski definition) is 3. The van der Waals surface area contributed by atoms with Crippen LogP contribution < -0.4 is 0 Å². The highest BCUT2D eigenvalue weighted by atomic mass is 16.5. The lowest BCUT2D eigenvalue weighted by atomic mass is 9.97. The molecule has 0 aliphatic carbocycles. The summed E-state index contributed by atoms with van der Waals surface area (Å²) in [5.74, 6) is 0.115. The lowest BCUT2D eigenvalue weighted by Crippen LogP contribution is -2.34. The Morgan fingerprint density at radius 2 is 2.19 bits per heavy atom. The molecule has 3 rings (SSSR count). The SMILES string of the molecule is COCc1ccn(Cc2ccc3c(c2)CCN(C)C3=O)n1. The van der Waals surface area contributed by atoms with Crippen LogP contribution in [0.1, 0.15) is 27.2 Å². The Bertz CT molecular complexity index is 663. The average molecular weight is 285 g/mol. The summed E-state index contributed by atoms with van der Waals surface area (Å²) in [7, 11) is 3.51. The topological polar surface area (TPSA) is 47.4 Å². The van der Waals surface area contributed by atoms with Crippen molar-refractivity contribution in [1.82, 2.24) is 14.7 Å². The first kappa shape index (κ1) is 13.8. The minimum Gasteiger partial charge on any atom is -0.378 e. The van der Waals surface area contributed by atoms with Gasteiger partial charge in [-0.2, -0.15) is 5.10 Å². The van der Waals surface area contributed by atoms with E-state index < -0.39 is 0 Å². The van der Waals surface area contributed by atoms with Crippen LogP contribution in [-0.4, -0.2) is 41.3 Å². The number of methoxy groups -OCH3 is 1. The molecule has 0 atom stereocenters. The van der Waals surface area contributed by atoms with Gasteiger partial charge in [0.15, 0.2) is 0 Å². The predicted molar refractivity (Wildman–Crippen MR) is 79.1 cm³/mol. The fraction of sp³-hybridized carbons (Fsp3) is 0.375. The lowest BCUT2D eigenvalue weighted by Gasteiger charge is -2.25. The quantitative estimate of drug-likeness (QED) is 0.859. The van der Waals surface area contributed by atoms with Gasteiger partial charge in [0.25, 0.3) is 5.91 Å². The molecule has 0 N–H and O–H groups in total. The third kappa shape index (κ3) is 2.83. The second-order valence-corrected chi connectivity index (χ2v) is 5.41. The molecule has 110 valence electrons. The summed E-state index contributed by atoms with van der Waals surface area (Å²) in [6.45, 7) is 2.02. The molecule has 1 amide bonds. The third-order valence-corrected chi connectivity index (χ3v) is 3.80. The van der Waals surface area contributed by atoms with Gasteiger partial charge in [-0.1, -0.05) is 12.1 Å². The third-order valence-electron chi connectivity index (χ3n) is 3.80. The van der Waals surface area contributed by atoms with Crippen LogP contribution in [0.4, 0.5) is 0 Å². The highest BCUT2D eigenvalue weighted by molar-refractivity contribution is 5.96. The lowest BCUT2D eigenvalue weighted by molar-refractivity contribution is 0.0781. The number of fused-ring (bicyclic) bond motifs is 1. The van der Waals surface area contributed by atoms with Crippen LogP contribution in [-0.2, 0) is 24.3 Å². The summed E-state index contributed by atoms with van der Waals surface area (Å²) in [6, 6.07) is 8.02. The average Bonchev–Trinajstić information content (AvgIpc) is 2.91. The van der Waals surface area contributed by atoms with Crippen molar-refractivity contribution in [2.75, 3.05) is 20.7 Å². The van der Waals surface area contributed by atoms with E-state index in [0.29, 0.717) is 13.2 Å². The molecule has 1 aromatic heterocycles. The van der Waals surface area contributed by atoms with Gasteiger partial charge in [-0.15, -0.1) is 0 Å². The van der Waals surface area contributed by atoms with Crippen molar-refractivity contribution >= 4 is 5.91 Å². The van der Waals surface area contributed by atoms with Crippen molar-refractivity contribution in [3.8, 4) is 0 Å². The van der Waals surface area contributed by atoms with Crippen LogP contribution in [0.5, 0.6) is 0 Å². The molecule has 0 radical (unpaired) electrons. The standard InChI is InChI=1S/C16H19N3O2/c1-18-7-5-13-9-12(3-4-15(13)16(18)20)10-19-8-6-14(17-19)11-21-2/h3-4,6,8-9H,5,7,10-11H2,1-2H3. The Morgan fingerprint density at radius 3 is 3.00 bits per heavy atom.